The molecule has 1 heterocycles. The molecule has 1 fully saturated rings. The van der Waals surface area contributed by atoms with Gasteiger partial charge in [-0.05, 0) is 30.5 Å². The van der Waals surface area contributed by atoms with Crippen LogP contribution in [0.4, 0.5) is 4.39 Å². The van der Waals surface area contributed by atoms with Crippen molar-refractivity contribution in [2.45, 2.75) is 38.8 Å². The number of benzene rings is 1. The normalized spacial score (nSPS) is 27.0. The van der Waals surface area contributed by atoms with Crippen molar-refractivity contribution in [3.63, 3.8) is 0 Å². The molecule has 2 N–H and O–H groups in total. The minimum Gasteiger partial charge on any atom is -0.396 e. The summed E-state index contributed by atoms with van der Waals surface area (Å²) < 4.78 is 13.1. The number of aliphatic hydroxyl groups is 2. The average Bonchev–Trinajstić information content (AvgIpc) is 2.45. The van der Waals surface area contributed by atoms with Crippen LogP contribution in [0.3, 0.4) is 0 Å². The van der Waals surface area contributed by atoms with Gasteiger partial charge in [-0.3, -0.25) is 4.90 Å². The van der Waals surface area contributed by atoms with E-state index in [-0.39, 0.29) is 12.4 Å². The molecular formula is C16H23ClFNO2. The Morgan fingerprint density at radius 2 is 2.24 bits per heavy atom. The van der Waals surface area contributed by atoms with Crippen LogP contribution in [-0.2, 0) is 6.54 Å². The van der Waals surface area contributed by atoms with Crippen LogP contribution in [0.5, 0.6) is 0 Å². The Morgan fingerprint density at radius 3 is 2.86 bits per heavy atom. The van der Waals surface area contributed by atoms with Crippen LogP contribution in [0, 0.1) is 11.2 Å². The predicted octanol–water partition coefficient (Wildman–Crippen LogP) is 2.82. The highest BCUT2D eigenvalue weighted by atomic mass is 35.5. The van der Waals surface area contributed by atoms with Crippen molar-refractivity contribution >= 4 is 11.6 Å². The van der Waals surface area contributed by atoms with Gasteiger partial charge in [0.25, 0.3) is 0 Å². The molecule has 1 saturated heterocycles. The molecular weight excluding hydrogens is 293 g/mol. The van der Waals surface area contributed by atoms with Crippen molar-refractivity contribution in [3.8, 4) is 0 Å². The molecule has 3 nitrogen and oxygen atoms in total. The maximum Gasteiger partial charge on any atom is 0.124 e. The van der Waals surface area contributed by atoms with E-state index in [1.54, 1.807) is 6.07 Å². The van der Waals surface area contributed by atoms with Crippen LogP contribution in [0.2, 0.25) is 5.02 Å². The largest absolute Gasteiger partial charge is 0.396 e. The van der Waals surface area contributed by atoms with Gasteiger partial charge in [0, 0.05) is 30.1 Å². The van der Waals surface area contributed by atoms with Gasteiger partial charge in [-0.25, -0.2) is 4.39 Å². The number of rotatable bonds is 5. The molecule has 1 aliphatic heterocycles. The summed E-state index contributed by atoms with van der Waals surface area (Å²) in [4.78, 5) is 2.18. The fourth-order valence-electron chi connectivity index (χ4n) is 3.24. The zero-order chi connectivity index (χ0) is 15.5. The van der Waals surface area contributed by atoms with Crippen LogP contribution < -0.4 is 0 Å². The van der Waals surface area contributed by atoms with E-state index in [9.17, 15) is 14.6 Å². The summed E-state index contributed by atoms with van der Waals surface area (Å²) in [5.74, 6) is -0.339. The van der Waals surface area contributed by atoms with E-state index in [2.05, 4.69) is 11.8 Å². The first-order valence-corrected chi connectivity index (χ1v) is 7.84. The van der Waals surface area contributed by atoms with Crippen molar-refractivity contribution in [1.82, 2.24) is 4.90 Å². The summed E-state index contributed by atoms with van der Waals surface area (Å²) >= 11 is 6.08. The van der Waals surface area contributed by atoms with Gasteiger partial charge in [0.2, 0.25) is 0 Å². The first kappa shape index (κ1) is 16.7. The predicted molar refractivity (Wildman–Crippen MR) is 81.7 cm³/mol. The summed E-state index contributed by atoms with van der Waals surface area (Å²) in [7, 11) is 0. The van der Waals surface area contributed by atoms with Crippen molar-refractivity contribution in [3.05, 3.63) is 34.6 Å². The van der Waals surface area contributed by atoms with E-state index >= 15 is 0 Å². The Kier molecular flexibility index (Phi) is 5.60. The van der Waals surface area contributed by atoms with Gasteiger partial charge in [-0.2, -0.15) is 0 Å². The number of nitrogens with zero attached hydrogens (tertiary/aromatic N) is 1. The molecule has 0 unspecified atom stereocenters. The SMILES string of the molecule is CCC[C@@]1(CO)CN(Cc2ccc(F)cc2Cl)CC[C@@H]1O. The van der Waals surface area contributed by atoms with E-state index in [0.717, 1.165) is 24.9 Å². The van der Waals surface area contributed by atoms with Gasteiger partial charge in [-0.15, -0.1) is 0 Å². The van der Waals surface area contributed by atoms with E-state index < -0.39 is 11.5 Å². The fourth-order valence-corrected chi connectivity index (χ4v) is 3.47. The second-order valence-corrected chi connectivity index (χ2v) is 6.43. The number of hydrogen-bond acceptors (Lipinski definition) is 3. The molecule has 0 amide bonds. The Labute approximate surface area is 130 Å². The Balaban J connectivity index is 2.10. The van der Waals surface area contributed by atoms with Gasteiger partial charge >= 0.3 is 0 Å². The lowest BCUT2D eigenvalue weighted by atomic mass is 9.74. The highest BCUT2D eigenvalue weighted by Crippen LogP contribution is 2.35. The number of likely N-dealkylation sites (tertiary alicyclic amines) is 1. The minimum absolute atomic E-state index is 0.0182. The molecule has 0 radical (unpaired) electrons. The number of aliphatic hydroxyl groups excluding tert-OH is 2. The molecule has 0 aromatic heterocycles. The Morgan fingerprint density at radius 1 is 1.48 bits per heavy atom. The maximum atomic E-state index is 13.1. The molecule has 21 heavy (non-hydrogen) atoms. The first-order valence-electron chi connectivity index (χ1n) is 7.46. The minimum atomic E-state index is -0.470. The van der Waals surface area contributed by atoms with Crippen LogP contribution in [0.15, 0.2) is 18.2 Å². The molecule has 2 atom stereocenters. The second kappa shape index (κ2) is 7.05. The van der Waals surface area contributed by atoms with Crippen molar-refractivity contribution < 1.29 is 14.6 Å². The third kappa shape index (κ3) is 3.75. The summed E-state index contributed by atoms with van der Waals surface area (Å²) in [6.07, 6.45) is 1.88. The Hall–Kier alpha value is -0.680. The van der Waals surface area contributed by atoms with Crippen molar-refractivity contribution in [1.29, 1.82) is 0 Å². The average molecular weight is 316 g/mol. The summed E-state index contributed by atoms with van der Waals surface area (Å²) in [5.41, 5.74) is 0.414. The zero-order valence-electron chi connectivity index (χ0n) is 12.4. The topological polar surface area (TPSA) is 43.7 Å². The summed E-state index contributed by atoms with van der Waals surface area (Å²) in [6, 6.07) is 4.43. The van der Waals surface area contributed by atoms with Gasteiger partial charge in [0.05, 0.1) is 12.7 Å². The van der Waals surface area contributed by atoms with E-state index in [1.165, 1.54) is 12.1 Å². The fraction of sp³-hybridized carbons (Fsp3) is 0.625. The van der Waals surface area contributed by atoms with Gasteiger partial charge in [-0.1, -0.05) is 31.0 Å². The van der Waals surface area contributed by atoms with E-state index in [4.69, 9.17) is 11.6 Å². The highest BCUT2D eigenvalue weighted by molar-refractivity contribution is 6.31. The molecule has 1 aromatic rings. The Bertz CT molecular complexity index is 485. The lowest BCUT2D eigenvalue weighted by Crippen LogP contribution is -2.53. The lowest BCUT2D eigenvalue weighted by molar-refractivity contribution is -0.0819. The van der Waals surface area contributed by atoms with Crippen LogP contribution in [0.1, 0.15) is 31.7 Å². The highest BCUT2D eigenvalue weighted by Gasteiger charge is 2.41. The van der Waals surface area contributed by atoms with E-state index in [0.29, 0.717) is 24.5 Å². The second-order valence-electron chi connectivity index (χ2n) is 6.02. The molecule has 1 aliphatic rings. The first-order chi connectivity index (χ1) is 10.0. The summed E-state index contributed by atoms with van der Waals surface area (Å²) in [5, 5.41) is 20.4. The van der Waals surface area contributed by atoms with Crippen molar-refractivity contribution in [2.75, 3.05) is 19.7 Å². The molecule has 2 rings (SSSR count). The number of piperidine rings is 1. The summed E-state index contributed by atoms with van der Waals surface area (Å²) in [6.45, 7) is 4.03. The van der Waals surface area contributed by atoms with E-state index in [1.807, 2.05) is 0 Å². The molecule has 0 aliphatic carbocycles. The molecule has 1 aromatic carbocycles. The smallest absolute Gasteiger partial charge is 0.124 e. The number of halogens is 2. The molecule has 0 spiro atoms. The third-order valence-electron chi connectivity index (χ3n) is 4.44. The van der Waals surface area contributed by atoms with Crippen molar-refractivity contribution in [2.24, 2.45) is 5.41 Å². The third-order valence-corrected chi connectivity index (χ3v) is 4.79. The monoisotopic (exact) mass is 315 g/mol. The van der Waals surface area contributed by atoms with Crippen LogP contribution in [-0.4, -0.2) is 40.9 Å². The maximum absolute atomic E-state index is 13.1. The van der Waals surface area contributed by atoms with Gasteiger partial charge in [0.1, 0.15) is 5.82 Å². The van der Waals surface area contributed by atoms with Gasteiger partial charge < -0.3 is 10.2 Å². The van der Waals surface area contributed by atoms with Gasteiger partial charge in [0.15, 0.2) is 0 Å². The zero-order valence-corrected chi connectivity index (χ0v) is 13.1. The lowest BCUT2D eigenvalue weighted by Gasteiger charge is -2.45. The molecule has 5 heteroatoms. The van der Waals surface area contributed by atoms with Crippen LogP contribution >= 0.6 is 11.6 Å². The number of hydrogen-bond donors (Lipinski definition) is 2. The van der Waals surface area contributed by atoms with Crippen LogP contribution in [0.25, 0.3) is 0 Å². The quantitative estimate of drug-likeness (QED) is 0.878. The standard InChI is InChI=1S/C16H23ClFNO2/c1-2-6-16(11-20)10-19(7-5-15(16)21)9-12-3-4-13(18)8-14(12)17/h3-4,8,15,20-21H,2,5-7,9-11H2,1H3/t15-,16-/m0/s1. The molecule has 118 valence electrons. The molecule has 0 saturated carbocycles. The molecule has 0 bridgehead atoms.